The van der Waals surface area contributed by atoms with Gasteiger partial charge in [0.2, 0.25) is 0 Å². The van der Waals surface area contributed by atoms with E-state index >= 15 is 0 Å². The standard InChI is InChI=1S/C11H16O4/c1-2-6-5-15-9-4-7(12)3-8(13)10(9)11(6)14/h5,7-10,12-13H,2-4H2,1H3. The Morgan fingerprint density at radius 1 is 1.47 bits per heavy atom. The molecule has 4 nitrogen and oxygen atoms in total. The Morgan fingerprint density at radius 3 is 2.87 bits per heavy atom. The van der Waals surface area contributed by atoms with Crippen molar-refractivity contribution in [2.75, 3.05) is 0 Å². The van der Waals surface area contributed by atoms with Gasteiger partial charge in [0, 0.05) is 18.4 Å². The lowest BCUT2D eigenvalue weighted by Gasteiger charge is -2.39. The molecule has 0 amide bonds. The number of carbonyl (C=O) groups excluding carboxylic acids is 1. The summed E-state index contributed by atoms with van der Waals surface area (Å²) in [6, 6.07) is 0. The molecule has 0 radical (unpaired) electrons. The molecule has 4 heteroatoms. The molecule has 2 N–H and O–H groups in total. The fourth-order valence-electron chi connectivity index (χ4n) is 2.37. The first-order valence-corrected chi connectivity index (χ1v) is 5.38. The molecule has 0 bridgehead atoms. The number of carbonyl (C=O) groups is 1. The lowest BCUT2D eigenvalue weighted by Crippen LogP contribution is -2.49. The minimum Gasteiger partial charge on any atom is -0.497 e. The number of rotatable bonds is 1. The Hall–Kier alpha value is -0.870. The van der Waals surface area contributed by atoms with Crippen LogP contribution in [0.1, 0.15) is 26.2 Å². The van der Waals surface area contributed by atoms with E-state index in [-0.39, 0.29) is 18.3 Å². The highest BCUT2D eigenvalue weighted by molar-refractivity contribution is 5.98. The molecule has 1 fully saturated rings. The van der Waals surface area contributed by atoms with Crippen molar-refractivity contribution in [1.82, 2.24) is 0 Å². The topological polar surface area (TPSA) is 66.8 Å². The van der Waals surface area contributed by atoms with Crippen molar-refractivity contribution in [3.05, 3.63) is 11.8 Å². The van der Waals surface area contributed by atoms with E-state index in [1.807, 2.05) is 6.92 Å². The van der Waals surface area contributed by atoms with Gasteiger partial charge in [-0.25, -0.2) is 0 Å². The Kier molecular flexibility index (Phi) is 2.80. The fourth-order valence-corrected chi connectivity index (χ4v) is 2.37. The van der Waals surface area contributed by atoms with Crippen LogP contribution in [0.2, 0.25) is 0 Å². The summed E-state index contributed by atoms with van der Waals surface area (Å²) in [5.74, 6) is -0.499. The maximum absolute atomic E-state index is 11.9. The summed E-state index contributed by atoms with van der Waals surface area (Å²) in [6.07, 6.45) is 1.11. The van der Waals surface area contributed by atoms with Crippen LogP contribution in [0.15, 0.2) is 11.8 Å². The number of aliphatic hydroxyl groups excluding tert-OH is 2. The predicted octanol–water partition coefficient (Wildman–Crippen LogP) is 0.380. The molecule has 0 aromatic heterocycles. The van der Waals surface area contributed by atoms with Crippen LogP contribution in [0.4, 0.5) is 0 Å². The van der Waals surface area contributed by atoms with Crippen LogP contribution in [-0.2, 0) is 9.53 Å². The zero-order valence-electron chi connectivity index (χ0n) is 8.72. The monoisotopic (exact) mass is 212 g/mol. The minimum absolute atomic E-state index is 0.0202. The zero-order chi connectivity index (χ0) is 11.0. The molecule has 15 heavy (non-hydrogen) atoms. The number of allylic oxidation sites excluding steroid dienone is 1. The van der Waals surface area contributed by atoms with Gasteiger partial charge in [-0.3, -0.25) is 4.79 Å². The number of fused-ring (bicyclic) bond motifs is 1. The van der Waals surface area contributed by atoms with Crippen LogP contribution in [0.3, 0.4) is 0 Å². The van der Waals surface area contributed by atoms with Gasteiger partial charge in [-0.1, -0.05) is 6.92 Å². The van der Waals surface area contributed by atoms with Crippen molar-refractivity contribution < 1.29 is 19.7 Å². The van der Waals surface area contributed by atoms with Crippen molar-refractivity contribution >= 4 is 5.78 Å². The van der Waals surface area contributed by atoms with Crippen LogP contribution < -0.4 is 0 Å². The highest BCUT2D eigenvalue weighted by Crippen LogP contribution is 2.34. The van der Waals surface area contributed by atoms with Gasteiger partial charge in [0.15, 0.2) is 5.78 Å². The van der Waals surface area contributed by atoms with E-state index < -0.39 is 18.1 Å². The van der Waals surface area contributed by atoms with Crippen LogP contribution in [-0.4, -0.2) is 34.3 Å². The summed E-state index contributed by atoms with van der Waals surface area (Å²) in [5.41, 5.74) is 0.631. The number of Topliss-reactive ketones (excluding diaryl/α,β-unsaturated/α-hetero) is 1. The van der Waals surface area contributed by atoms with Gasteiger partial charge in [-0.05, 0) is 6.42 Å². The van der Waals surface area contributed by atoms with Gasteiger partial charge in [0.25, 0.3) is 0 Å². The van der Waals surface area contributed by atoms with Gasteiger partial charge in [0.1, 0.15) is 6.10 Å². The van der Waals surface area contributed by atoms with E-state index in [1.54, 1.807) is 0 Å². The first kappa shape index (κ1) is 10.6. The van der Waals surface area contributed by atoms with E-state index in [0.29, 0.717) is 18.4 Å². The van der Waals surface area contributed by atoms with E-state index in [1.165, 1.54) is 6.26 Å². The Labute approximate surface area is 88.6 Å². The summed E-state index contributed by atoms with van der Waals surface area (Å²) < 4.78 is 5.39. The molecule has 1 saturated carbocycles. The maximum atomic E-state index is 11.9. The SMILES string of the molecule is CCC1=COC2CC(O)CC(O)C2C1=O. The maximum Gasteiger partial charge on any atom is 0.171 e. The van der Waals surface area contributed by atoms with Crippen LogP contribution in [0, 0.1) is 5.92 Å². The lowest BCUT2D eigenvalue weighted by atomic mass is 9.76. The number of hydrogen-bond donors (Lipinski definition) is 2. The molecular formula is C11H16O4. The smallest absolute Gasteiger partial charge is 0.171 e. The second-order valence-corrected chi connectivity index (χ2v) is 4.25. The van der Waals surface area contributed by atoms with Gasteiger partial charge >= 0.3 is 0 Å². The third-order valence-electron chi connectivity index (χ3n) is 3.22. The predicted molar refractivity (Wildman–Crippen MR) is 53.0 cm³/mol. The first-order chi connectivity index (χ1) is 7.13. The number of hydrogen-bond acceptors (Lipinski definition) is 4. The van der Waals surface area contributed by atoms with Gasteiger partial charge in [0.05, 0.1) is 24.4 Å². The summed E-state index contributed by atoms with van der Waals surface area (Å²) in [5, 5.41) is 19.2. The molecule has 84 valence electrons. The second-order valence-electron chi connectivity index (χ2n) is 4.25. The Morgan fingerprint density at radius 2 is 2.20 bits per heavy atom. The lowest BCUT2D eigenvalue weighted by molar-refractivity contribution is -0.140. The van der Waals surface area contributed by atoms with Crippen molar-refractivity contribution in [3.8, 4) is 0 Å². The molecular weight excluding hydrogens is 196 g/mol. The van der Waals surface area contributed by atoms with E-state index in [4.69, 9.17) is 4.74 Å². The summed E-state index contributed by atoms with van der Waals surface area (Å²) in [6.45, 7) is 1.89. The normalized spacial score (nSPS) is 40.5. The van der Waals surface area contributed by atoms with E-state index in [2.05, 4.69) is 0 Å². The summed E-state index contributed by atoms with van der Waals surface area (Å²) in [4.78, 5) is 11.9. The summed E-state index contributed by atoms with van der Waals surface area (Å²) >= 11 is 0. The van der Waals surface area contributed by atoms with Crippen molar-refractivity contribution in [2.45, 2.75) is 44.5 Å². The molecule has 0 aromatic carbocycles. The Bertz CT molecular complexity index is 297. The number of ether oxygens (including phenoxy) is 1. The number of aliphatic hydroxyl groups is 2. The average Bonchev–Trinajstić information content (AvgIpc) is 2.17. The zero-order valence-corrected chi connectivity index (χ0v) is 8.72. The van der Waals surface area contributed by atoms with Crippen molar-refractivity contribution in [1.29, 1.82) is 0 Å². The third kappa shape index (κ3) is 1.79. The fraction of sp³-hybridized carbons (Fsp3) is 0.727. The number of ketones is 1. The molecule has 2 rings (SSSR count). The minimum atomic E-state index is -0.776. The van der Waals surface area contributed by atoms with Crippen LogP contribution in [0.5, 0.6) is 0 Å². The van der Waals surface area contributed by atoms with Gasteiger partial charge in [-0.15, -0.1) is 0 Å². The highest BCUT2D eigenvalue weighted by Gasteiger charge is 2.44. The Balaban J connectivity index is 2.22. The molecule has 0 saturated heterocycles. The third-order valence-corrected chi connectivity index (χ3v) is 3.22. The largest absolute Gasteiger partial charge is 0.497 e. The molecule has 0 spiro atoms. The van der Waals surface area contributed by atoms with Crippen molar-refractivity contribution in [2.24, 2.45) is 5.92 Å². The van der Waals surface area contributed by atoms with Crippen molar-refractivity contribution in [3.63, 3.8) is 0 Å². The van der Waals surface area contributed by atoms with Crippen LogP contribution >= 0.6 is 0 Å². The molecule has 4 atom stereocenters. The molecule has 1 aliphatic heterocycles. The summed E-state index contributed by atoms with van der Waals surface area (Å²) in [7, 11) is 0. The molecule has 4 unspecified atom stereocenters. The second kappa shape index (κ2) is 3.94. The van der Waals surface area contributed by atoms with E-state index in [0.717, 1.165) is 0 Å². The molecule has 1 heterocycles. The average molecular weight is 212 g/mol. The quantitative estimate of drug-likeness (QED) is 0.659. The molecule has 1 aliphatic carbocycles. The first-order valence-electron chi connectivity index (χ1n) is 5.38. The molecule has 2 aliphatic rings. The van der Waals surface area contributed by atoms with Gasteiger partial charge < -0.3 is 14.9 Å². The van der Waals surface area contributed by atoms with E-state index in [9.17, 15) is 15.0 Å². The highest BCUT2D eigenvalue weighted by atomic mass is 16.5. The van der Waals surface area contributed by atoms with Gasteiger partial charge in [-0.2, -0.15) is 0 Å². The van der Waals surface area contributed by atoms with Crippen LogP contribution in [0.25, 0.3) is 0 Å². The molecule has 0 aromatic rings.